The van der Waals surface area contributed by atoms with Gasteiger partial charge in [-0.3, -0.25) is 10.0 Å². The lowest BCUT2D eigenvalue weighted by Gasteiger charge is -2.30. The molecule has 0 spiro atoms. The van der Waals surface area contributed by atoms with E-state index in [4.69, 9.17) is 9.97 Å². The van der Waals surface area contributed by atoms with E-state index in [2.05, 4.69) is 67.3 Å². The van der Waals surface area contributed by atoms with Gasteiger partial charge >= 0.3 is 0 Å². The van der Waals surface area contributed by atoms with E-state index in [0.29, 0.717) is 11.5 Å². The van der Waals surface area contributed by atoms with Crippen molar-refractivity contribution in [3.63, 3.8) is 0 Å². The fourth-order valence-electron chi connectivity index (χ4n) is 4.56. The van der Waals surface area contributed by atoms with E-state index < -0.39 is 0 Å². The summed E-state index contributed by atoms with van der Waals surface area (Å²) in [5.74, 6) is 0.790. The molecule has 0 saturated heterocycles. The molecule has 0 fully saturated rings. The fourth-order valence-corrected chi connectivity index (χ4v) is 4.56. The number of fused-ring (bicyclic) bond motifs is 1. The molecule has 35 heavy (non-hydrogen) atoms. The number of anilines is 1. The van der Waals surface area contributed by atoms with Gasteiger partial charge < -0.3 is 4.90 Å². The molecule has 6 heteroatoms. The molecule has 4 rings (SSSR count). The zero-order valence-electron chi connectivity index (χ0n) is 21.1. The van der Waals surface area contributed by atoms with Crippen LogP contribution in [-0.2, 0) is 11.2 Å². The molecule has 2 aromatic carbocycles. The number of carbonyl (C=O) groups excluding carboxylic acids is 1. The molecule has 1 aliphatic rings. The van der Waals surface area contributed by atoms with Crippen molar-refractivity contribution in [3.05, 3.63) is 65.4 Å². The van der Waals surface area contributed by atoms with Gasteiger partial charge in [0.25, 0.3) is 0 Å². The number of aromatic nitrogens is 2. The van der Waals surface area contributed by atoms with E-state index in [1.165, 1.54) is 18.2 Å². The second-order valence-corrected chi connectivity index (χ2v) is 9.60. The quantitative estimate of drug-likeness (QED) is 0.236. The van der Waals surface area contributed by atoms with Crippen molar-refractivity contribution in [3.8, 4) is 22.5 Å². The van der Waals surface area contributed by atoms with Gasteiger partial charge in [0.05, 0.1) is 17.1 Å². The maximum Gasteiger partial charge on any atom is 0.245 e. The van der Waals surface area contributed by atoms with Crippen molar-refractivity contribution in [2.75, 3.05) is 25.0 Å². The van der Waals surface area contributed by atoms with Crippen LogP contribution in [-0.4, -0.2) is 46.3 Å². The zero-order valence-corrected chi connectivity index (χ0v) is 21.1. The summed E-state index contributed by atoms with van der Waals surface area (Å²) in [5.41, 5.74) is 7.62. The van der Waals surface area contributed by atoms with Crippen LogP contribution in [0.4, 0.5) is 5.82 Å². The second-order valence-electron chi connectivity index (χ2n) is 9.60. The monoisotopic (exact) mass is 472 g/mol. The van der Waals surface area contributed by atoms with Gasteiger partial charge in [0.15, 0.2) is 5.82 Å². The summed E-state index contributed by atoms with van der Waals surface area (Å²) in [6.07, 6.45) is 6.30. The van der Waals surface area contributed by atoms with Gasteiger partial charge in [-0.2, -0.15) is 0 Å². The SMILES string of the molecule is Cc1ccc(-c2nc3c(nc2-c2ccc(C)cc2)N(CCCCCCC(=O)N(C)O)CCC3)cc1. The smallest absolute Gasteiger partial charge is 0.245 e. The highest BCUT2D eigenvalue weighted by Crippen LogP contribution is 2.35. The van der Waals surface area contributed by atoms with E-state index in [1.54, 1.807) is 0 Å². The number of hydrogen-bond acceptors (Lipinski definition) is 5. The number of carbonyl (C=O) groups is 1. The summed E-state index contributed by atoms with van der Waals surface area (Å²) in [7, 11) is 1.38. The summed E-state index contributed by atoms with van der Waals surface area (Å²) >= 11 is 0. The highest BCUT2D eigenvalue weighted by atomic mass is 16.5. The molecule has 1 amide bonds. The molecule has 184 valence electrons. The van der Waals surface area contributed by atoms with Crippen LogP contribution >= 0.6 is 0 Å². The Hall–Kier alpha value is -3.25. The number of nitrogens with zero attached hydrogens (tertiary/aromatic N) is 4. The van der Waals surface area contributed by atoms with Gasteiger partial charge in [-0.25, -0.2) is 15.0 Å². The molecule has 6 nitrogen and oxygen atoms in total. The van der Waals surface area contributed by atoms with E-state index in [0.717, 1.165) is 85.6 Å². The van der Waals surface area contributed by atoms with E-state index >= 15 is 0 Å². The van der Waals surface area contributed by atoms with Crippen LogP contribution in [0.3, 0.4) is 0 Å². The second kappa shape index (κ2) is 11.5. The summed E-state index contributed by atoms with van der Waals surface area (Å²) in [4.78, 5) is 24.3. The van der Waals surface area contributed by atoms with E-state index in [1.807, 2.05) is 0 Å². The van der Waals surface area contributed by atoms with Crippen LogP contribution in [0.15, 0.2) is 48.5 Å². The standard InChI is InChI=1S/C29H36N4O2/c1-21-11-15-23(16-12-21)27-28(24-17-13-22(2)14-18-24)31-29-25(30-27)9-8-20-33(29)19-7-5-4-6-10-26(34)32(3)35/h11-18,35H,4-10,19-20H2,1-3H3. The lowest BCUT2D eigenvalue weighted by atomic mass is 10.0. The Morgan fingerprint density at radius 2 is 1.46 bits per heavy atom. The van der Waals surface area contributed by atoms with Crippen LogP contribution in [0, 0.1) is 13.8 Å². The maximum absolute atomic E-state index is 11.5. The molecule has 0 aliphatic carbocycles. The first-order chi connectivity index (χ1) is 16.9. The van der Waals surface area contributed by atoms with E-state index in [9.17, 15) is 10.0 Å². The Bertz CT molecular complexity index is 1140. The normalized spacial score (nSPS) is 13.0. The molecular formula is C29H36N4O2. The predicted molar refractivity (Wildman–Crippen MR) is 141 cm³/mol. The first kappa shape index (κ1) is 24.9. The third kappa shape index (κ3) is 6.25. The van der Waals surface area contributed by atoms with Crippen molar-refractivity contribution < 1.29 is 10.0 Å². The minimum absolute atomic E-state index is 0.224. The van der Waals surface area contributed by atoms with Crippen LogP contribution in [0.1, 0.15) is 55.3 Å². The van der Waals surface area contributed by atoms with Crippen LogP contribution in [0.25, 0.3) is 22.5 Å². The Morgan fingerprint density at radius 3 is 2.06 bits per heavy atom. The highest BCUT2D eigenvalue weighted by molar-refractivity contribution is 5.80. The molecule has 0 atom stereocenters. The first-order valence-electron chi connectivity index (χ1n) is 12.7. The molecule has 1 aromatic heterocycles. The molecule has 3 aromatic rings. The average molecular weight is 473 g/mol. The number of hydrogen-bond donors (Lipinski definition) is 1. The molecule has 1 aliphatic heterocycles. The first-order valence-corrected chi connectivity index (χ1v) is 12.7. The number of rotatable bonds is 9. The summed E-state index contributed by atoms with van der Waals surface area (Å²) < 4.78 is 0. The van der Waals surface area contributed by atoms with Crippen LogP contribution < -0.4 is 4.90 Å². The van der Waals surface area contributed by atoms with Crippen LogP contribution in [0.2, 0.25) is 0 Å². The van der Waals surface area contributed by atoms with Crippen molar-refractivity contribution in [2.45, 2.75) is 58.8 Å². The van der Waals surface area contributed by atoms with Crippen molar-refractivity contribution in [1.82, 2.24) is 15.0 Å². The van der Waals surface area contributed by atoms with E-state index in [-0.39, 0.29) is 5.91 Å². The number of amides is 1. The largest absolute Gasteiger partial charge is 0.355 e. The molecular weight excluding hydrogens is 436 g/mol. The Morgan fingerprint density at radius 1 is 0.886 bits per heavy atom. The third-order valence-electron chi connectivity index (χ3n) is 6.67. The molecule has 0 saturated carbocycles. The van der Waals surface area contributed by atoms with Gasteiger partial charge in [0.2, 0.25) is 5.91 Å². The average Bonchev–Trinajstić information content (AvgIpc) is 2.86. The van der Waals surface area contributed by atoms with Gasteiger partial charge in [0.1, 0.15) is 0 Å². The van der Waals surface area contributed by atoms with Gasteiger partial charge in [0, 0.05) is 37.7 Å². The minimum Gasteiger partial charge on any atom is -0.355 e. The Balaban J connectivity index is 1.54. The summed E-state index contributed by atoms with van der Waals surface area (Å²) in [6.45, 7) is 6.13. The molecule has 2 heterocycles. The van der Waals surface area contributed by atoms with Gasteiger partial charge in [-0.05, 0) is 39.5 Å². The lowest BCUT2D eigenvalue weighted by molar-refractivity contribution is -0.159. The van der Waals surface area contributed by atoms with Crippen molar-refractivity contribution in [1.29, 1.82) is 0 Å². The van der Waals surface area contributed by atoms with Crippen molar-refractivity contribution >= 4 is 11.7 Å². The molecule has 0 unspecified atom stereocenters. The van der Waals surface area contributed by atoms with Gasteiger partial charge in [-0.1, -0.05) is 72.5 Å². The number of benzene rings is 2. The highest BCUT2D eigenvalue weighted by Gasteiger charge is 2.23. The van der Waals surface area contributed by atoms with Crippen LogP contribution in [0.5, 0.6) is 0 Å². The fraction of sp³-hybridized carbons (Fsp3) is 0.414. The number of hydroxylamine groups is 2. The van der Waals surface area contributed by atoms with Gasteiger partial charge in [-0.15, -0.1) is 0 Å². The maximum atomic E-state index is 11.5. The zero-order chi connectivity index (χ0) is 24.8. The molecule has 0 bridgehead atoms. The minimum atomic E-state index is -0.224. The Labute approximate surface area is 208 Å². The third-order valence-corrected chi connectivity index (χ3v) is 6.67. The lowest BCUT2D eigenvalue weighted by Crippen LogP contribution is -2.32. The predicted octanol–water partition coefficient (Wildman–Crippen LogP) is 5.98. The molecule has 1 N–H and O–H groups in total. The molecule has 0 radical (unpaired) electrons. The van der Waals surface area contributed by atoms with Crippen molar-refractivity contribution in [2.24, 2.45) is 0 Å². The summed E-state index contributed by atoms with van der Waals surface area (Å²) in [5, 5.41) is 9.85. The number of unbranched alkanes of at least 4 members (excludes halogenated alkanes) is 3. The summed E-state index contributed by atoms with van der Waals surface area (Å²) in [6, 6.07) is 17.1. The topological polar surface area (TPSA) is 69.6 Å². The Kier molecular flexibility index (Phi) is 8.13. The number of aryl methyl sites for hydroxylation is 3.